The van der Waals surface area contributed by atoms with E-state index >= 15 is 0 Å². The van der Waals surface area contributed by atoms with Crippen molar-refractivity contribution in [3.05, 3.63) is 71.8 Å². The number of hydrogen-bond acceptors (Lipinski definition) is 2. The Hall–Kier alpha value is -1.64. The first kappa shape index (κ1) is 21.1. The summed E-state index contributed by atoms with van der Waals surface area (Å²) < 4.78 is 0. The smallest absolute Gasteiger partial charge is 0.177 e. The maximum atomic E-state index is 11.8. The first-order chi connectivity index (χ1) is 13.4. The van der Waals surface area contributed by atoms with E-state index < -0.39 is 11.2 Å². The SMILES string of the molecule is CC1(C)CCCCCCCCCC(O)(O)C1(c1ccccc1)c1ccccc1. The quantitative estimate of drug-likeness (QED) is 0.609. The van der Waals surface area contributed by atoms with Crippen LogP contribution in [0, 0.1) is 5.41 Å². The summed E-state index contributed by atoms with van der Waals surface area (Å²) in [6.45, 7) is 4.44. The van der Waals surface area contributed by atoms with Gasteiger partial charge in [-0.2, -0.15) is 0 Å². The minimum Gasteiger partial charge on any atom is -0.365 e. The van der Waals surface area contributed by atoms with Crippen molar-refractivity contribution in [3.63, 3.8) is 0 Å². The van der Waals surface area contributed by atoms with Gasteiger partial charge in [-0.15, -0.1) is 0 Å². The Morgan fingerprint density at radius 2 is 0.964 bits per heavy atom. The van der Waals surface area contributed by atoms with Crippen LogP contribution >= 0.6 is 0 Å². The monoisotopic (exact) mass is 380 g/mol. The first-order valence-corrected chi connectivity index (χ1v) is 11.0. The molecule has 1 fully saturated rings. The number of rotatable bonds is 2. The Morgan fingerprint density at radius 3 is 1.43 bits per heavy atom. The Bertz CT molecular complexity index is 655. The molecule has 1 saturated carbocycles. The fourth-order valence-electron chi connectivity index (χ4n) is 5.53. The van der Waals surface area contributed by atoms with E-state index in [0.717, 1.165) is 36.8 Å². The second kappa shape index (κ2) is 8.80. The van der Waals surface area contributed by atoms with E-state index in [1.54, 1.807) is 0 Å². The lowest BCUT2D eigenvalue weighted by Gasteiger charge is -2.55. The first-order valence-electron chi connectivity index (χ1n) is 11.0. The molecule has 2 N–H and O–H groups in total. The highest BCUT2D eigenvalue weighted by atomic mass is 16.5. The van der Waals surface area contributed by atoms with Gasteiger partial charge in [0.1, 0.15) is 0 Å². The van der Waals surface area contributed by atoms with Crippen LogP contribution in [0.4, 0.5) is 0 Å². The topological polar surface area (TPSA) is 40.5 Å². The Labute approximate surface area is 170 Å². The molecular formula is C26H36O2. The van der Waals surface area contributed by atoms with Crippen LogP contribution in [-0.2, 0) is 5.41 Å². The third-order valence-electron chi connectivity index (χ3n) is 6.86. The van der Waals surface area contributed by atoms with E-state index in [4.69, 9.17) is 0 Å². The molecule has 0 aliphatic heterocycles. The molecule has 0 amide bonds. The minimum absolute atomic E-state index is 0.321. The molecule has 2 nitrogen and oxygen atoms in total. The summed E-state index contributed by atoms with van der Waals surface area (Å²) in [5.74, 6) is -1.82. The van der Waals surface area contributed by atoms with Gasteiger partial charge in [0, 0.05) is 6.42 Å². The van der Waals surface area contributed by atoms with Gasteiger partial charge >= 0.3 is 0 Å². The highest BCUT2D eigenvalue weighted by molar-refractivity contribution is 5.45. The molecule has 1 aliphatic carbocycles. The van der Waals surface area contributed by atoms with Crippen molar-refractivity contribution in [3.8, 4) is 0 Å². The van der Waals surface area contributed by atoms with Gasteiger partial charge in [-0.3, -0.25) is 0 Å². The third-order valence-corrected chi connectivity index (χ3v) is 6.86. The molecule has 2 aromatic carbocycles. The maximum absolute atomic E-state index is 11.8. The molecule has 0 bridgehead atoms. The molecule has 3 rings (SSSR count). The molecule has 0 heterocycles. The Kier molecular flexibility index (Phi) is 6.62. The van der Waals surface area contributed by atoms with Gasteiger partial charge in [0.25, 0.3) is 0 Å². The highest BCUT2D eigenvalue weighted by Gasteiger charge is 2.59. The van der Waals surface area contributed by atoms with E-state index in [-0.39, 0.29) is 5.41 Å². The van der Waals surface area contributed by atoms with Gasteiger partial charge < -0.3 is 10.2 Å². The predicted octanol–water partition coefficient (Wildman–Crippen LogP) is 6.20. The van der Waals surface area contributed by atoms with Crippen LogP contribution in [-0.4, -0.2) is 16.0 Å². The maximum Gasteiger partial charge on any atom is 0.177 e. The Balaban J connectivity index is 2.24. The van der Waals surface area contributed by atoms with Crippen molar-refractivity contribution in [2.45, 2.75) is 82.8 Å². The highest BCUT2D eigenvalue weighted by Crippen LogP contribution is 2.56. The molecule has 1 aliphatic rings. The number of aliphatic hydroxyl groups is 2. The zero-order chi connectivity index (χ0) is 20.1. The summed E-state index contributed by atoms with van der Waals surface area (Å²) in [7, 11) is 0. The van der Waals surface area contributed by atoms with Crippen LogP contribution in [0.2, 0.25) is 0 Å². The van der Waals surface area contributed by atoms with E-state index in [1.807, 2.05) is 36.4 Å². The zero-order valence-electron chi connectivity index (χ0n) is 17.5. The van der Waals surface area contributed by atoms with Crippen LogP contribution in [0.5, 0.6) is 0 Å². The second-order valence-corrected chi connectivity index (χ2v) is 9.16. The van der Waals surface area contributed by atoms with Gasteiger partial charge in [-0.05, 0) is 29.4 Å². The van der Waals surface area contributed by atoms with Crippen molar-refractivity contribution in [1.82, 2.24) is 0 Å². The number of hydrogen-bond donors (Lipinski definition) is 2. The van der Waals surface area contributed by atoms with Gasteiger partial charge in [-0.1, -0.05) is 113 Å². The second-order valence-electron chi connectivity index (χ2n) is 9.16. The normalized spacial score (nSPS) is 22.6. The van der Waals surface area contributed by atoms with E-state index in [9.17, 15) is 10.2 Å². The molecule has 0 unspecified atom stereocenters. The summed E-state index contributed by atoms with van der Waals surface area (Å²) in [4.78, 5) is 0. The molecule has 2 heteroatoms. The molecular weight excluding hydrogens is 344 g/mol. The van der Waals surface area contributed by atoms with Crippen LogP contribution in [0.3, 0.4) is 0 Å². The van der Waals surface area contributed by atoms with Crippen molar-refractivity contribution >= 4 is 0 Å². The molecule has 28 heavy (non-hydrogen) atoms. The summed E-state index contributed by atoms with van der Waals surface area (Å²) in [6.07, 6.45) is 9.30. The molecule has 0 saturated heterocycles. The lowest BCUT2D eigenvalue weighted by Crippen LogP contribution is -2.60. The molecule has 0 aromatic heterocycles. The van der Waals surface area contributed by atoms with Crippen molar-refractivity contribution in [2.75, 3.05) is 0 Å². The average molecular weight is 381 g/mol. The standard InChI is InChI=1S/C26H36O2/c1-24(2)20-14-6-4-3-5-7-15-21-25(27,28)26(24,22-16-10-8-11-17-22)23-18-12-9-13-19-23/h8-13,16-19,27-28H,3-7,14-15,20-21H2,1-2H3. The zero-order valence-corrected chi connectivity index (χ0v) is 17.5. The van der Waals surface area contributed by atoms with Crippen molar-refractivity contribution in [2.24, 2.45) is 5.41 Å². The predicted molar refractivity (Wildman–Crippen MR) is 116 cm³/mol. The molecule has 0 radical (unpaired) electrons. The lowest BCUT2D eigenvalue weighted by molar-refractivity contribution is -0.234. The largest absolute Gasteiger partial charge is 0.365 e. The third kappa shape index (κ3) is 3.90. The van der Waals surface area contributed by atoms with Crippen LogP contribution in [0.25, 0.3) is 0 Å². The molecule has 152 valence electrons. The van der Waals surface area contributed by atoms with Crippen LogP contribution in [0.1, 0.15) is 82.8 Å². The van der Waals surface area contributed by atoms with Crippen LogP contribution < -0.4 is 0 Å². The van der Waals surface area contributed by atoms with Crippen molar-refractivity contribution < 1.29 is 10.2 Å². The van der Waals surface area contributed by atoms with E-state index in [1.165, 1.54) is 25.7 Å². The van der Waals surface area contributed by atoms with E-state index in [2.05, 4.69) is 38.1 Å². The van der Waals surface area contributed by atoms with Crippen molar-refractivity contribution in [1.29, 1.82) is 0 Å². The molecule has 0 spiro atoms. The van der Waals surface area contributed by atoms with E-state index in [0.29, 0.717) is 6.42 Å². The average Bonchev–Trinajstić information content (AvgIpc) is 2.67. The van der Waals surface area contributed by atoms with Gasteiger partial charge in [0.15, 0.2) is 5.79 Å². The van der Waals surface area contributed by atoms with Gasteiger partial charge in [-0.25, -0.2) is 0 Å². The molecule has 0 atom stereocenters. The molecule has 2 aromatic rings. The number of benzene rings is 2. The lowest BCUT2D eigenvalue weighted by atomic mass is 9.52. The van der Waals surface area contributed by atoms with Gasteiger partial charge in [0.2, 0.25) is 0 Å². The summed E-state index contributed by atoms with van der Waals surface area (Å²) >= 11 is 0. The summed E-state index contributed by atoms with van der Waals surface area (Å²) in [6, 6.07) is 20.4. The summed E-state index contributed by atoms with van der Waals surface area (Å²) in [5.41, 5.74) is 0.779. The fraction of sp³-hybridized carbons (Fsp3) is 0.538. The van der Waals surface area contributed by atoms with Crippen LogP contribution in [0.15, 0.2) is 60.7 Å². The Morgan fingerprint density at radius 1 is 0.571 bits per heavy atom. The fourth-order valence-corrected chi connectivity index (χ4v) is 5.53. The summed E-state index contributed by atoms with van der Waals surface area (Å²) in [5, 5.41) is 23.5. The van der Waals surface area contributed by atoms with Gasteiger partial charge in [0.05, 0.1) is 5.41 Å². The minimum atomic E-state index is -1.82.